The van der Waals surface area contributed by atoms with Gasteiger partial charge in [0.1, 0.15) is 0 Å². The molecular weight excluding hydrogens is 252 g/mol. The molecule has 1 saturated heterocycles. The molecule has 19 heavy (non-hydrogen) atoms. The number of nitrogens with zero attached hydrogens (tertiary/aromatic N) is 4. The smallest absolute Gasteiger partial charge is 0.327 e. The van der Waals surface area contributed by atoms with Crippen molar-refractivity contribution in [1.29, 1.82) is 0 Å². The Labute approximate surface area is 112 Å². The van der Waals surface area contributed by atoms with E-state index in [0.29, 0.717) is 33.0 Å². The van der Waals surface area contributed by atoms with Crippen LogP contribution in [-0.2, 0) is 19.1 Å². The van der Waals surface area contributed by atoms with Crippen LogP contribution in [0, 0.1) is 0 Å². The van der Waals surface area contributed by atoms with Crippen molar-refractivity contribution >= 4 is 5.97 Å². The first-order valence-electron chi connectivity index (χ1n) is 6.45. The molecule has 0 aromatic heterocycles. The second-order valence-corrected chi connectivity index (χ2v) is 4.03. The van der Waals surface area contributed by atoms with E-state index >= 15 is 0 Å². The van der Waals surface area contributed by atoms with Gasteiger partial charge in [-0.05, 0) is 18.4 Å². The van der Waals surface area contributed by atoms with Crippen LogP contribution in [0.5, 0.6) is 0 Å². The van der Waals surface area contributed by atoms with Crippen molar-refractivity contribution < 1.29 is 19.1 Å². The van der Waals surface area contributed by atoms with Crippen molar-refractivity contribution in [1.82, 2.24) is 5.06 Å². The summed E-state index contributed by atoms with van der Waals surface area (Å²) in [6.07, 6.45) is 2.41. The number of ether oxygens (including phenoxy) is 2. The molecule has 0 aromatic carbocycles. The summed E-state index contributed by atoms with van der Waals surface area (Å²) in [5.74, 6) is -0.258. The maximum absolute atomic E-state index is 11.4. The highest BCUT2D eigenvalue weighted by atomic mass is 16.7. The van der Waals surface area contributed by atoms with Gasteiger partial charge in [-0.15, -0.1) is 5.06 Å². The van der Waals surface area contributed by atoms with Crippen LogP contribution in [0.15, 0.2) is 5.11 Å². The topological polar surface area (TPSA) is 96.8 Å². The Morgan fingerprint density at radius 3 is 2.53 bits per heavy atom. The third kappa shape index (κ3) is 8.39. The lowest BCUT2D eigenvalue weighted by Gasteiger charge is -2.13. The van der Waals surface area contributed by atoms with Crippen LogP contribution >= 0.6 is 0 Å². The van der Waals surface area contributed by atoms with E-state index in [1.807, 2.05) is 0 Å². The van der Waals surface area contributed by atoms with Gasteiger partial charge in [-0.1, -0.05) is 5.11 Å². The molecule has 0 aromatic rings. The quantitative estimate of drug-likeness (QED) is 0.258. The molecule has 8 nitrogen and oxygen atoms in total. The van der Waals surface area contributed by atoms with Crippen molar-refractivity contribution in [2.75, 3.05) is 46.1 Å². The minimum atomic E-state index is -0.258. The fourth-order valence-electron chi connectivity index (χ4n) is 1.60. The van der Waals surface area contributed by atoms with Gasteiger partial charge < -0.3 is 14.3 Å². The maximum atomic E-state index is 11.4. The molecule has 0 unspecified atom stereocenters. The van der Waals surface area contributed by atoms with Crippen LogP contribution < -0.4 is 0 Å². The highest BCUT2D eigenvalue weighted by Crippen LogP contribution is 2.08. The number of hydrogen-bond donors (Lipinski definition) is 0. The second-order valence-electron chi connectivity index (χ2n) is 4.03. The summed E-state index contributed by atoms with van der Waals surface area (Å²) in [6, 6.07) is 0. The van der Waals surface area contributed by atoms with Gasteiger partial charge in [-0.25, -0.2) is 0 Å². The third-order valence-electron chi connectivity index (χ3n) is 2.52. The minimum Gasteiger partial charge on any atom is -0.379 e. The zero-order valence-electron chi connectivity index (χ0n) is 11.0. The van der Waals surface area contributed by atoms with Gasteiger partial charge in [0, 0.05) is 24.5 Å². The standard InChI is InChI=1S/C11H20N4O4/c12-14-13-4-8-18-10-9-17-7-3-11(16)19-15-5-1-2-6-15/h1-10H2. The summed E-state index contributed by atoms with van der Waals surface area (Å²) < 4.78 is 10.4. The van der Waals surface area contributed by atoms with E-state index in [-0.39, 0.29) is 12.4 Å². The van der Waals surface area contributed by atoms with Crippen LogP contribution in [0.3, 0.4) is 0 Å². The van der Waals surface area contributed by atoms with E-state index in [4.69, 9.17) is 19.8 Å². The predicted molar refractivity (Wildman–Crippen MR) is 67.2 cm³/mol. The van der Waals surface area contributed by atoms with E-state index in [1.54, 1.807) is 5.06 Å². The number of carbonyl (C=O) groups is 1. The molecule has 0 N–H and O–H groups in total. The lowest BCUT2D eigenvalue weighted by Crippen LogP contribution is -2.24. The summed E-state index contributed by atoms with van der Waals surface area (Å²) >= 11 is 0. The van der Waals surface area contributed by atoms with Gasteiger partial charge in [0.15, 0.2) is 0 Å². The Kier molecular flexibility index (Phi) is 8.74. The molecule has 1 rings (SSSR count). The predicted octanol–water partition coefficient (Wildman–Crippen LogP) is 1.27. The largest absolute Gasteiger partial charge is 0.379 e. The van der Waals surface area contributed by atoms with Crippen LogP contribution in [0.2, 0.25) is 0 Å². The molecular formula is C11H20N4O4. The molecule has 0 aliphatic carbocycles. The SMILES string of the molecule is [N-]=[N+]=NCCOCCOCCC(=O)ON1CCCC1. The average Bonchev–Trinajstić information content (AvgIpc) is 2.89. The molecule has 8 heteroatoms. The molecule has 0 amide bonds. The van der Waals surface area contributed by atoms with Gasteiger partial charge in [0.2, 0.25) is 0 Å². The van der Waals surface area contributed by atoms with Crippen molar-refractivity contribution in [2.45, 2.75) is 19.3 Å². The molecule has 0 atom stereocenters. The Morgan fingerprint density at radius 1 is 1.16 bits per heavy atom. The van der Waals surface area contributed by atoms with Crippen molar-refractivity contribution in [3.8, 4) is 0 Å². The van der Waals surface area contributed by atoms with Gasteiger partial charge >= 0.3 is 5.97 Å². The van der Waals surface area contributed by atoms with Gasteiger partial charge in [-0.2, -0.15) is 0 Å². The molecule has 0 radical (unpaired) electrons. The van der Waals surface area contributed by atoms with E-state index < -0.39 is 0 Å². The first kappa shape index (κ1) is 15.7. The molecule has 1 aliphatic rings. The van der Waals surface area contributed by atoms with Crippen molar-refractivity contribution in [2.24, 2.45) is 5.11 Å². The third-order valence-corrected chi connectivity index (χ3v) is 2.52. The van der Waals surface area contributed by atoms with Gasteiger partial charge in [-0.3, -0.25) is 4.79 Å². The normalized spacial score (nSPS) is 15.2. The van der Waals surface area contributed by atoms with Crippen molar-refractivity contribution in [3.05, 3.63) is 10.4 Å². The summed E-state index contributed by atoms with van der Waals surface area (Å²) in [5.41, 5.74) is 8.02. The lowest BCUT2D eigenvalue weighted by molar-refractivity contribution is -0.186. The fourth-order valence-corrected chi connectivity index (χ4v) is 1.60. The van der Waals surface area contributed by atoms with E-state index in [1.165, 1.54) is 0 Å². The Balaban J connectivity index is 1.84. The highest BCUT2D eigenvalue weighted by molar-refractivity contribution is 5.69. The van der Waals surface area contributed by atoms with E-state index in [9.17, 15) is 4.79 Å². The van der Waals surface area contributed by atoms with Crippen LogP contribution in [0.4, 0.5) is 0 Å². The molecule has 0 saturated carbocycles. The number of carbonyl (C=O) groups excluding carboxylic acids is 1. The summed E-state index contributed by atoms with van der Waals surface area (Å²) in [4.78, 5) is 19.1. The van der Waals surface area contributed by atoms with Gasteiger partial charge in [0.05, 0.1) is 32.8 Å². The summed E-state index contributed by atoms with van der Waals surface area (Å²) in [6.45, 7) is 3.50. The zero-order chi connectivity index (χ0) is 13.8. The molecule has 1 fully saturated rings. The molecule has 108 valence electrons. The van der Waals surface area contributed by atoms with Crippen LogP contribution in [0.25, 0.3) is 10.4 Å². The number of rotatable bonds is 10. The second kappa shape index (κ2) is 10.6. The van der Waals surface area contributed by atoms with E-state index in [2.05, 4.69) is 10.0 Å². The fraction of sp³-hybridized carbons (Fsp3) is 0.909. The monoisotopic (exact) mass is 272 g/mol. The molecule has 0 bridgehead atoms. The lowest BCUT2D eigenvalue weighted by atomic mass is 10.4. The number of hydrogen-bond acceptors (Lipinski definition) is 6. The van der Waals surface area contributed by atoms with E-state index in [0.717, 1.165) is 25.9 Å². The maximum Gasteiger partial charge on any atom is 0.327 e. The van der Waals surface area contributed by atoms with Crippen LogP contribution in [0.1, 0.15) is 19.3 Å². The first-order valence-corrected chi connectivity index (χ1v) is 6.45. The Bertz CT molecular complexity index is 301. The molecule has 1 aliphatic heterocycles. The van der Waals surface area contributed by atoms with Crippen molar-refractivity contribution in [3.63, 3.8) is 0 Å². The average molecular weight is 272 g/mol. The molecule has 1 heterocycles. The number of azide groups is 1. The minimum absolute atomic E-state index is 0.245. The summed E-state index contributed by atoms with van der Waals surface area (Å²) in [7, 11) is 0. The Morgan fingerprint density at radius 2 is 1.84 bits per heavy atom. The van der Waals surface area contributed by atoms with Crippen LogP contribution in [-0.4, -0.2) is 57.1 Å². The highest BCUT2D eigenvalue weighted by Gasteiger charge is 2.15. The summed E-state index contributed by atoms with van der Waals surface area (Å²) in [5, 5.41) is 5.02. The zero-order valence-corrected chi connectivity index (χ0v) is 11.0. The Hall–Kier alpha value is -1.34. The molecule has 0 spiro atoms. The van der Waals surface area contributed by atoms with Gasteiger partial charge in [0.25, 0.3) is 0 Å². The first-order chi connectivity index (χ1) is 9.33. The number of hydroxylamine groups is 2.